The molecule has 0 saturated carbocycles. The van der Waals surface area contributed by atoms with Gasteiger partial charge in [0.2, 0.25) is 0 Å². The van der Waals surface area contributed by atoms with Crippen molar-refractivity contribution in [3.8, 4) is 0 Å². The maximum Gasteiger partial charge on any atom is 0.164 e. The topological polar surface area (TPSA) is 32.3 Å². The predicted molar refractivity (Wildman–Crippen MR) is 71.0 cm³/mol. The third-order valence-corrected chi connectivity index (χ3v) is 3.01. The molecule has 100 valence electrons. The van der Waals surface area contributed by atoms with E-state index in [-0.39, 0.29) is 12.2 Å². The summed E-state index contributed by atoms with van der Waals surface area (Å²) in [6, 6.07) is 10.7. The largest absolute Gasteiger partial charge is 0.394 e. The maximum absolute atomic E-state index is 13.7. The lowest BCUT2D eigenvalue weighted by molar-refractivity contribution is 0.273. The molecule has 2 rings (SSSR count). The molecule has 1 unspecified atom stereocenters. The Morgan fingerprint density at radius 2 is 1.84 bits per heavy atom. The van der Waals surface area contributed by atoms with E-state index in [4.69, 9.17) is 0 Å². The van der Waals surface area contributed by atoms with Crippen LogP contribution in [-0.2, 0) is 0 Å². The maximum atomic E-state index is 13.7. The zero-order valence-corrected chi connectivity index (χ0v) is 10.5. The number of halogens is 2. The Hall–Kier alpha value is -1.94. The summed E-state index contributed by atoms with van der Waals surface area (Å²) in [4.78, 5) is 0. The molecular formula is C15H15F2NO. The Morgan fingerprint density at radius 3 is 2.53 bits per heavy atom. The minimum Gasteiger partial charge on any atom is -0.394 e. The lowest BCUT2D eigenvalue weighted by Crippen LogP contribution is -2.17. The van der Waals surface area contributed by atoms with Crippen LogP contribution in [0.15, 0.2) is 42.5 Å². The van der Waals surface area contributed by atoms with Gasteiger partial charge in [0.1, 0.15) is 0 Å². The first-order valence-electron chi connectivity index (χ1n) is 6.00. The summed E-state index contributed by atoms with van der Waals surface area (Å²) in [7, 11) is 0. The number of aliphatic hydroxyl groups is 1. The van der Waals surface area contributed by atoms with Gasteiger partial charge in [0.05, 0.1) is 12.6 Å². The highest BCUT2D eigenvalue weighted by molar-refractivity contribution is 5.52. The van der Waals surface area contributed by atoms with Gasteiger partial charge in [-0.15, -0.1) is 0 Å². The van der Waals surface area contributed by atoms with Gasteiger partial charge in [-0.2, -0.15) is 0 Å². The molecule has 0 bridgehead atoms. The second-order valence-corrected chi connectivity index (χ2v) is 4.34. The Kier molecular flexibility index (Phi) is 4.12. The normalized spacial score (nSPS) is 12.2. The van der Waals surface area contributed by atoms with Gasteiger partial charge in [0.15, 0.2) is 11.6 Å². The molecule has 0 fully saturated rings. The summed E-state index contributed by atoms with van der Waals surface area (Å²) in [5.41, 5.74) is 1.87. The van der Waals surface area contributed by atoms with Crippen LogP contribution in [0.1, 0.15) is 17.2 Å². The third kappa shape index (κ3) is 2.90. The first-order valence-corrected chi connectivity index (χ1v) is 6.00. The van der Waals surface area contributed by atoms with Crippen LogP contribution in [0.2, 0.25) is 0 Å². The molecule has 2 aromatic rings. The van der Waals surface area contributed by atoms with E-state index in [0.717, 1.165) is 17.3 Å². The molecule has 4 heteroatoms. The molecule has 0 spiro atoms. The number of nitrogens with one attached hydrogen (secondary N) is 1. The Morgan fingerprint density at radius 1 is 1.11 bits per heavy atom. The molecule has 2 N–H and O–H groups in total. The van der Waals surface area contributed by atoms with Gasteiger partial charge in [-0.05, 0) is 24.6 Å². The van der Waals surface area contributed by atoms with Gasteiger partial charge in [-0.1, -0.05) is 30.3 Å². The minimum atomic E-state index is -0.928. The van der Waals surface area contributed by atoms with Crippen molar-refractivity contribution in [2.45, 2.75) is 13.0 Å². The van der Waals surface area contributed by atoms with Crippen molar-refractivity contribution in [3.63, 3.8) is 0 Å². The average molecular weight is 263 g/mol. The molecule has 2 nitrogen and oxygen atoms in total. The Bertz CT molecular complexity index is 572. The van der Waals surface area contributed by atoms with E-state index in [1.54, 1.807) is 0 Å². The molecular weight excluding hydrogens is 248 g/mol. The first-order chi connectivity index (χ1) is 9.13. The summed E-state index contributed by atoms with van der Waals surface area (Å²) in [6.45, 7) is 1.58. The van der Waals surface area contributed by atoms with E-state index in [9.17, 15) is 13.9 Å². The van der Waals surface area contributed by atoms with Gasteiger partial charge in [-0.3, -0.25) is 0 Å². The lowest BCUT2D eigenvalue weighted by atomic mass is 10.1. The van der Waals surface area contributed by atoms with Crippen LogP contribution in [0.3, 0.4) is 0 Å². The number of para-hydroxylation sites is 1. The van der Waals surface area contributed by atoms with Crippen LogP contribution in [-0.4, -0.2) is 11.7 Å². The van der Waals surface area contributed by atoms with Crippen LogP contribution < -0.4 is 5.32 Å². The summed E-state index contributed by atoms with van der Waals surface area (Å²) < 4.78 is 26.9. The van der Waals surface area contributed by atoms with Crippen molar-refractivity contribution in [1.29, 1.82) is 0 Å². The van der Waals surface area contributed by atoms with Crippen molar-refractivity contribution in [2.75, 3.05) is 11.9 Å². The fourth-order valence-corrected chi connectivity index (χ4v) is 1.93. The monoisotopic (exact) mass is 263 g/mol. The van der Waals surface area contributed by atoms with Gasteiger partial charge < -0.3 is 10.4 Å². The van der Waals surface area contributed by atoms with Gasteiger partial charge in [0.25, 0.3) is 0 Å². The van der Waals surface area contributed by atoms with Crippen LogP contribution in [0.25, 0.3) is 0 Å². The van der Waals surface area contributed by atoms with Crippen LogP contribution in [0, 0.1) is 18.6 Å². The highest BCUT2D eigenvalue weighted by Gasteiger charge is 2.17. The lowest BCUT2D eigenvalue weighted by Gasteiger charge is -2.20. The smallest absolute Gasteiger partial charge is 0.164 e. The first kappa shape index (κ1) is 13.5. The Labute approximate surface area is 110 Å². The molecule has 0 aliphatic heterocycles. The molecule has 0 aliphatic rings. The van der Waals surface area contributed by atoms with Crippen molar-refractivity contribution >= 4 is 5.69 Å². The molecule has 0 aliphatic carbocycles. The zero-order chi connectivity index (χ0) is 13.8. The van der Waals surface area contributed by atoms with Crippen molar-refractivity contribution in [2.24, 2.45) is 0 Å². The highest BCUT2D eigenvalue weighted by Crippen LogP contribution is 2.24. The summed E-state index contributed by atoms with van der Waals surface area (Å²) in [5.74, 6) is -1.84. The van der Waals surface area contributed by atoms with E-state index in [0.29, 0.717) is 0 Å². The number of hydrogen-bond acceptors (Lipinski definition) is 2. The van der Waals surface area contributed by atoms with E-state index < -0.39 is 17.7 Å². The molecule has 0 saturated heterocycles. The molecule has 0 amide bonds. The van der Waals surface area contributed by atoms with Crippen LogP contribution >= 0.6 is 0 Å². The molecule has 19 heavy (non-hydrogen) atoms. The standard InChI is InChI=1S/C15H15F2NO/c1-10-5-2-3-8-13(10)18-14(9-19)11-6-4-7-12(16)15(11)17/h2-8,14,18-19H,9H2,1H3. The predicted octanol–water partition coefficient (Wildman–Crippen LogP) is 3.42. The second-order valence-electron chi connectivity index (χ2n) is 4.34. The third-order valence-electron chi connectivity index (χ3n) is 3.01. The van der Waals surface area contributed by atoms with Crippen LogP contribution in [0.4, 0.5) is 14.5 Å². The van der Waals surface area contributed by atoms with E-state index in [2.05, 4.69) is 5.32 Å². The van der Waals surface area contributed by atoms with Crippen molar-refractivity contribution in [3.05, 3.63) is 65.2 Å². The van der Waals surface area contributed by atoms with E-state index in [1.807, 2.05) is 31.2 Å². The molecule has 2 aromatic carbocycles. The SMILES string of the molecule is Cc1ccccc1NC(CO)c1cccc(F)c1F. The van der Waals surface area contributed by atoms with Gasteiger partial charge >= 0.3 is 0 Å². The second kappa shape index (κ2) is 5.80. The molecule has 0 heterocycles. The Balaban J connectivity index is 2.31. The molecule has 0 radical (unpaired) electrons. The molecule has 1 atom stereocenters. The summed E-state index contributed by atoms with van der Waals surface area (Å²) in [6.07, 6.45) is 0. The van der Waals surface area contributed by atoms with E-state index in [1.165, 1.54) is 12.1 Å². The number of aryl methyl sites for hydroxylation is 1. The highest BCUT2D eigenvalue weighted by atomic mass is 19.2. The van der Waals surface area contributed by atoms with Crippen molar-refractivity contribution in [1.82, 2.24) is 0 Å². The van der Waals surface area contributed by atoms with Gasteiger partial charge in [-0.25, -0.2) is 8.78 Å². The van der Waals surface area contributed by atoms with Gasteiger partial charge in [0, 0.05) is 11.3 Å². The number of aliphatic hydroxyl groups excluding tert-OH is 1. The summed E-state index contributed by atoms with van der Waals surface area (Å²) >= 11 is 0. The number of anilines is 1. The average Bonchev–Trinajstić information content (AvgIpc) is 2.41. The number of hydrogen-bond donors (Lipinski definition) is 2. The zero-order valence-electron chi connectivity index (χ0n) is 10.5. The summed E-state index contributed by atoms with van der Waals surface area (Å²) in [5, 5.41) is 12.4. The number of benzene rings is 2. The van der Waals surface area contributed by atoms with Crippen molar-refractivity contribution < 1.29 is 13.9 Å². The minimum absolute atomic E-state index is 0.116. The molecule has 0 aromatic heterocycles. The quantitative estimate of drug-likeness (QED) is 0.886. The fraction of sp³-hybridized carbons (Fsp3) is 0.200. The fourth-order valence-electron chi connectivity index (χ4n) is 1.93. The number of rotatable bonds is 4. The van der Waals surface area contributed by atoms with Crippen LogP contribution in [0.5, 0.6) is 0 Å². The van der Waals surface area contributed by atoms with E-state index >= 15 is 0 Å².